The molecule has 1 aliphatic rings. The Labute approximate surface area is 124 Å². The van der Waals surface area contributed by atoms with Gasteiger partial charge in [0.15, 0.2) is 0 Å². The number of H-pyrrole nitrogens is 1. The highest BCUT2D eigenvalue weighted by Gasteiger charge is 2.22. The first-order valence-corrected chi connectivity index (χ1v) is 7.65. The molecule has 3 rings (SSSR count). The Morgan fingerprint density at radius 2 is 2.33 bits per heavy atom. The molecule has 1 aliphatic heterocycles. The van der Waals surface area contributed by atoms with Crippen molar-refractivity contribution in [3.05, 3.63) is 30.1 Å². The minimum Gasteiger partial charge on any atom is -0.342 e. The Morgan fingerprint density at radius 3 is 3.14 bits per heavy atom. The fraction of sp³-hybridized carbons (Fsp3) is 0.500. The first-order valence-electron chi connectivity index (χ1n) is 7.65. The minimum absolute atomic E-state index is 0.232. The van der Waals surface area contributed by atoms with Crippen molar-refractivity contribution in [3.8, 4) is 0 Å². The number of aromatic amines is 1. The highest BCUT2D eigenvalue weighted by molar-refractivity contribution is 5.77. The van der Waals surface area contributed by atoms with Crippen LogP contribution in [0.15, 0.2) is 24.3 Å². The molecule has 5 nitrogen and oxygen atoms in total. The van der Waals surface area contributed by atoms with Gasteiger partial charge < -0.3 is 15.2 Å². The van der Waals surface area contributed by atoms with Gasteiger partial charge in [-0.3, -0.25) is 4.79 Å². The lowest BCUT2D eigenvalue weighted by molar-refractivity contribution is -0.132. The van der Waals surface area contributed by atoms with Crippen LogP contribution in [0.1, 0.15) is 25.1 Å². The number of hydrogen-bond donors (Lipinski definition) is 2. The first kappa shape index (κ1) is 14.1. The van der Waals surface area contributed by atoms with Gasteiger partial charge in [-0.25, -0.2) is 4.98 Å². The van der Waals surface area contributed by atoms with Crippen LogP contribution < -0.4 is 5.32 Å². The molecule has 1 saturated heterocycles. The molecule has 2 aromatic rings. The van der Waals surface area contributed by atoms with Crippen LogP contribution in [0.3, 0.4) is 0 Å². The molecule has 5 heteroatoms. The summed E-state index contributed by atoms with van der Waals surface area (Å²) in [5.41, 5.74) is 2.00. The molecule has 1 amide bonds. The number of carbonyl (C=O) groups excluding carboxylic acids is 1. The van der Waals surface area contributed by atoms with Crippen molar-refractivity contribution < 1.29 is 4.79 Å². The van der Waals surface area contributed by atoms with Gasteiger partial charge in [-0.05, 0) is 32.0 Å². The lowest BCUT2D eigenvalue weighted by Crippen LogP contribution is -2.47. The Bertz CT molecular complexity index is 589. The number of hydrogen-bond acceptors (Lipinski definition) is 3. The number of para-hydroxylation sites is 2. The van der Waals surface area contributed by atoms with Gasteiger partial charge in [0.2, 0.25) is 5.91 Å². The van der Waals surface area contributed by atoms with Crippen molar-refractivity contribution in [2.75, 3.05) is 20.1 Å². The summed E-state index contributed by atoms with van der Waals surface area (Å²) in [4.78, 5) is 22.1. The number of carbonyl (C=O) groups is 1. The van der Waals surface area contributed by atoms with Crippen LogP contribution in [0.5, 0.6) is 0 Å². The van der Waals surface area contributed by atoms with E-state index in [2.05, 4.69) is 15.3 Å². The minimum atomic E-state index is 0.232. The lowest BCUT2D eigenvalue weighted by atomic mass is 10.1. The number of aryl methyl sites for hydroxylation is 1. The van der Waals surface area contributed by atoms with Gasteiger partial charge in [-0.2, -0.15) is 0 Å². The third-order valence-corrected chi connectivity index (χ3v) is 4.20. The van der Waals surface area contributed by atoms with Crippen molar-refractivity contribution in [1.82, 2.24) is 20.2 Å². The Morgan fingerprint density at radius 1 is 1.48 bits per heavy atom. The molecule has 1 fully saturated rings. The second kappa shape index (κ2) is 6.26. The van der Waals surface area contributed by atoms with Gasteiger partial charge in [-0.15, -0.1) is 0 Å². The number of piperidine rings is 1. The van der Waals surface area contributed by atoms with E-state index in [0.717, 1.165) is 42.8 Å². The van der Waals surface area contributed by atoms with Gasteiger partial charge in [0.1, 0.15) is 5.82 Å². The van der Waals surface area contributed by atoms with Crippen molar-refractivity contribution in [3.63, 3.8) is 0 Å². The summed E-state index contributed by atoms with van der Waals surface area (Å²) in [5, 5.41) is 3.27. The maximum absolute atomic E-state index is 12.3. The molecular weight excluding hydrogens is 264 g/mol. The maximum atomic E-state index is 12.3. The van der Waals surface area contributed by atoms with Crippen LogP contribution in [0.25, 0.3) is 11.0 Å². The molecule has 0 aliphatic carbocycles. The Balaban J connectivity index is 1.57. The SMILES string of the molecule is CNC1CCCN(C(=O)CCc2nc3ccccc3[nH]2)C1. The molecule has 0 spiro atoms. The summed E-state index contributed by atoms with van der Waals surface area (Å²) in [6, 6.07) is 8.40. The first-order chi connectivity index (χ1) is 10.3. The molecule has 1 aromatic heterocycles. The second-order valence-corrected chi connectivity index (χ2v) is 5.67. The highest BCUT2D eigenvalue weighted by Crippen LogP contribution is 2.14. The number of fused-ring (bicyclic) bond motifs is 1. The molecular formula is C16H22N4O. The normalized spacial score (nSPS) is 19.1. The van der Waals surface area contributed by atoms with Crippen molar-refractivity contribution in [1.29, 1.82) is 0 Å². The van der Waals surface area contributed by atoms with Crippen LogP contribution >= 0.6 is 0 Å². The number of likely N-dealkylation sites (N-methyl/N-ethyl adjacent to an activating group) is 1. The molecule has 21 heavy (non-hydrogen) atoms. The van der Waals surface area contributed by atoms with E-state index in [4.69, 9.17) is 0 Å². The fourth-order valence-corrected chi connectivity index (χ4v) is 2.95. The summed E-state index contributed by atoms with van der Waals surface area (Å²) >= 11 is 0. The van der Waals surface area contributed by atoms with Gasteiger partial charge in [0.25, 0.3) is 0 Å². The Kier molecular flexibility index (Phi) is 4.20. The predicted molar refractivity (Wildman–Crippen MR) is 83.1 cm³/mol. The van der Waals surface area contributed by atoms with E-state index in [9.17, 15) is 4.79 Å². The zero-order chi connectivity index (χ0) is 14.7. The van der Waals surface area contributed by atoms with Crippen LogP contribution in [-0.4, -0.2) is 47.0 Å². The van der Waals surface area contributed by atoms with Crippen molar-refractivity contribution in [2.45, 2.75) is 31.7 Å². The second-order valence-electron chi connectivity index (χ2n) is 5.67. The molecule has 1 unspecified atom stereocenters. The van der Waals surface area contributed by atoms with E-state index in [1.165, 1.54) is 0 Å². The molecule has 0 saturated carbocycles. The number of aromatic nitrogens is 2. The third-order valence-electron chi connectivity index (χ3n) is 4.20. The van der Waals surface area contributed by atoms with Gasteiger partial charge in [0, 0.05) is 32.0 Å². The number of benzene rings is 1. The van der Waals surface area contributed by atoms with E-state index in [1.807, 2.05) is 36.2 Å². The lowest BCUT2D eigenvalue weighted by Gasteiger charge is -2.32. The topological polar surface area (TPSA) is 61.0 Å². The molecule has 0 radical (unpaired) electrons. The molecule has 1 atom stereocenters. The van der Waals surface area contributed by atoms with E-state index >= 15 is 0 Å². The zero-order valence-corrected chi connectivity index (χ0v) is 12.4. The highest BCUT2D eigenvalue weighted by atomic mass is 16.2. The number of imidazole rings is 1. The Hall–Kier alpha value is -1.88. The van der Waals surface area contributed by atoms with Crippen LogP contribution in [0.2, 0.25) is 0 Å². The largest absolute Gasteiger partial charge is 0.342 e. The maximum Gasteiger partial charge on any atom is 0.223 e. The molecule has 2 N–H and O–H groups in total. The van der Waals surface area contributed by atoms with Crippen molar-refractivity contribution in [2.24, 2.45) is 0 Å². The summed E-state index contributed by atoms with van der Waals surface area (Å²) in [7, 11) is 1.97. The molecule has 112 valence electrons. The van der Waals surface area contributed by atoms with E-state index in [0.29, 0.717) is 18.9 Å². The smallest absolute Gasteiger partial charge is 0.223 e. The van der Waals surface area contributed by atoms with E-state index in [1.54, 1.807) is 0 Å². The third kappa shape index (κ3) is 3.24. The molecule has 2 heterocycles. The molecule has 0 bridgehead atoms. The van der Waals surface area contributed by atoms with Gasteiger partial charge in [0.05, 0.1) is 11.0 Å². The number of nitrogens with one attached hydrogen (secondary N) is 2. The van der Waals surface area contributed by atoms with Gasteiger partial charge in [-0.1, -0.05) is 12.1 Å². The van der Waals surface area contributed by atoms with E-state index < -0.39 is 0 Å². The monoisotopic (exact) mass is 286 g/mol. The van der Waals surface area contributed by atoms with Crippen LogP contribution in [-0.2, 0) is 11.2 Å². The number of amides is 1. The number of likely N-dealkylation sites (tertiary alicyclic amines) is 1. The average molecular weight is 286 g/mol. The van der Waals surface area contributed by atoms with Gasteiger partial charge >= 0.3 is 0 Å². The number of rotatable bonds is 4. The van der Waals surface area contributed by atoms with E-state index in [-0.39, 0.29) is 5.91 Å². The summed E-state index contributed by atoms with van der Waals surface area (Å²) < 4.78 is 0. The predicted octanol–water partition coefficient (Wildman–Crippen LogP) is 1.71. The quantitative estimate of drug-likeness (QED) is 0.899. The standard InChI is InChI=1S/C16H22N4O/c1-17-12-5-4-10-20(11-12)16(21)9-8-15-18-13-6-2-3-7-14(13)19-15/h2-3,6-7,12,17H,4-5,8-11H2,1H3,(H,18,19). The zero-order valence-electron chi connectivity index (χ0n) is 12.4. The van der Waals surface area contributed by atoms with Crippen LogP contribution in [0, 0.1) is 0 Å². The number of nitrogens with zero attached hydrogens (tertiary/aromatic N) is 2. The van der Waals surface area contributed by atoms with Crippen LogP contribution in [0.4, 0.5) is 0 Å². The average Bonchev–Trinajstić information content (AvgIpc) is 2.95. The summed E-state index contributed by atoms with van der Waals surface area (Å²) in [5.74, 6) is 1.13. The van der Waals surface area contributed by atoms with Crippen molar-refractivity contribution >= 4 is 16.9 Å². The fourth-order valence-electron chi connectivity index (χ4n) is 2.95. The summed E-state index contributed by atoms with van der Waals surface area (Å²) in [6.07, 6.45) is 3.44. The molecule has 1 aromatic carbocycles. The summed E-state index contributed by atoms with van der Waals surface area (Å²) in [6.45, 7) is 1.71.